The van der Waals surface area contributed by atoms with E-state index < -0.39 is 17.4 Å². The smallest absolute Gasteiger partial charge is 0.261 e. The summed E-state index contributed by atoms with van der Waals surface area (Å²) in [5, 5.41) is 38.5. The molecule has 4 aliphatic rings. The van der Waals surface area contributed by atoms with Crippen molar-refractivity contribution >= 4 is 170 Å². The molecule has 16 aromatic rings. The third-order valence-electron chi connectivity index (χ3n) is 28.2. The number of terminal acetylenes is 2. The number of amides is 1. The number of carbonyl (C=O) groups excluding carboxylic acids is 8. The molecular weight excluding hydrogens is 1960 g/mol. The standard InChI is InChI=1S/C30H27ClN2O3S.C29H30ClN3O3S.C29H28F2N2O3S.C28H26N2O2S2/c1-3-21-12-14-28(37-21)27(36)16-18-7-5-8-20(15-18)33-24-13-11-19(25(34)4-2)17-23(24)32-30(33)29-22(31)9-6-10-26(29)35;1-4-25(34)18-9-10-24-23(13-18)32-28(22-14-19(30)12-16(2)27(22)35)33(24)21-7-5-6-20(15-21)31-29(36)26-11-8-17(3)37-26;1-3-23(34)18-8-10-22-21(15-18)32-29(27-24(35)11-9-20(30)28(27)31)33(22)19-6-4-5-17(13-19)14-25(36)26-12-7-16(2)37-26;1-3-21-11-13-26(34-21)25(32)16-18-7-5-8-20(15-18)30-23-12-10-19(24(31)4-2)17-22(23)29-28(30)27-9-6-14-33-27/h1,6,9-14,17-18,20,35H,4-5,7-8,15-16H2,2H3;8-14,20-21,35H,4-7,15H2,1-3H3,(H,31,36);7-12,15,17,19,35H,3-6,13-14H2,1-2H3;1,6,9-14,17-18,20H,4-5,7-8,15-16H2,2H3/t18-,20+;20-,21+;17-,19+;18-,20+/m1111/s1. The summed E-state index contributed by atoms with van der Waals surface area (Å²) in [6, 6.07) is 52.2. The summed E-state index contributed by atoms with van der Waals surface area (Å²) >= 11 is 20.4. The van der Waals surface area contributed by atoms with Crippen LogP contribution in [-0.4, -0.2) is 106 Å². The topological polar surface area (TPSA) is 281 Å². The Labute approximate surface area is 870 Å². The van der Waals surface area contributed by atoms with E-state index in [2.05, 4.69) is 47.3 Å². The van der Waals surface area contributed by atoms with Crippen molar-refractivity contribution in [3.05, 3.63) is 270 Å². The molecule has 0 bridgehead atoms. The molecule has 0 spiro atoms. The number of benzene rings is 7. The predicted molar refractivity (Wildman–Crippen MR) is 578 cm³/mol. The molecule has 7 aromatic carbocycles. The van der Waals surface area contributed by atoms with E-state index in [4.69, 9.17) is 51.0 Å². The molecule has 0 radical (unpaired) electrons. The third kappa shape index (κ3) is 22.8. The van der Waals surface area contributed by atoms with Gasteiger partial charge in [-0.05, 0) is 297 Å². The van der Waals surface area contributed by atoms with Gasteiger partial charge in [-0.1, -0.05) is 94.1 Å². The van der Waals surface area contributed by atoms with Crippen LogP contribution in [0.5, 0.6) is 17.2 Å². The first-order valence-corrected chi connectivity index (χ1v) is 54.4. The Hall–Kier alpha value is -13.0. The largest absolute Gasteiger partial charge is 0.507 e. The van der Waals surface area contributed by atoms with Crippen molar-refractivity contribution in [1.29, 1.82) is 0 Å². The number of Topliss-reactive ketones (excluding diaryl/α,β-unsaturated/α-hetero) is 7. The lowest BCUT2D eigenvalue weighted by Gasteiger charge is -2.32. The van der Waals surface area contributed by atoms with Gasteiger partial charge in [-0.25, -0.2) is 28.7 Å². The zero-order valence-electron chi connectivity index (χ0n) is 81.6. The first-order chi connectivity index (χ1) is 70.0. The van der Waals surface area contributed by atoms with E-state index in [9.17, 15) is 58.1 Å². The fraction of sp³-hybridized carbons (Fsp3) is 0.328. The van der Waals surface area contributed by atoms with Crippen LogP contribution in [0.15, 0.2) is 181 Å². The highest BCUT2D eigenvalue weighted by molar-refractivity contribution is 7.15. The minimum absolute atomic E-state index is 0.0228. The molecule has 20 nitrogen and oxygen atoms in total. The molecule has 744 valence electrons. The molecule has 0 saturated heterocycles. The number of nitrogens with one attached hydrogen (secondary N) is 1. The number of imidazole rings is 4. The minimum Gasteiger partial charge on any atom is -0.507 e. The van der Waals surface area contributed by atoms with Crippen molar-refractivity contribution < 1.29 is 62.5 Å². The van der Waals surface area contributed by atoms with Crippen LogP contribution in [-0.2, 0) is 0 Å². The molecule has 29 heteroatoms. The van der Waals surface area contributed by atoms with E-state index in [1.54, 1.807) is 66.8 Å². The van der Waals surface area contributed by atoms with Gasteiger partial charge in [0.2, 0.25) is 0 Å². The maximum absolute atomic E-state index is 15.0. The number of hydrogen-bond donors (Lipinski definition) is 4. The molecule has 9 aromatic heterocycles. The van der Waals surface area contributed by atoms with Crippen molar-refractivity contribution in [3.63, 3.8) is 0 Å². The number of nitrogens with zero attached hydrogens (tertiary/aromatic N) is 8. The quantitative estimate of drug-likeness (QED) is 0.0275. The lowest BCUT2D eigenvalue weighted by molar-refractivity contribution is 0.0919. The van der Waals surface area contributed by atoms with E-state index in [-0.39, 0.29) is 111 Å². The molecule has 4 aliphatic carbocycles. The zero-order valence-corrected chi connectivity index (χ0v) is 87.2. The lowest BCUT2D eigenvalue weighted by Crippen LogP contribution is -2.38. The van der Waals surface area contributed by atoms with Crippen LogP contribution >= 0.6 is 79.9 Å². The highest BCUT2D eigenvalue weighted by Crippen LogP contribution is 2.49. The number of aromatic hydroxyl groups is 3. The fourth-order valence-electron chi connectivity index (χ4n) is 21.1. The van der Waals surface area contributed by atoms with Crippen molar-refractivity contribution in [1.82, 2.24) is 43.5 Å². The predicted octanol–water partition coefficient (Wildman–Crippen LogP) is 30.0. The molecule has 8 atom stereocenters. The summed E-state index contributed by atoms with van der Waals surface area (Å²) < 4.78 is 37.8. The number of halogens is 4. The van der Waals surface area contributed by atoms with Crippen molar-refractivity contribution in [2.75, 3.05) is 0 Å². The number of thiophene rings is 5. The SMILES string of the molecule is C#Cc1ccc(C(=O)C[C@@H]2CCC[C@H](n3c(-c4c(O)cccc4Cl)nc4cc(C(=O)CC)ccc43)C2)s1.C#Cc1ccc(C(=O)C[C@@H]2CCC[C@H](n3c(-c4cccs4)nc4cc(C(=O)CC)ccc43)C2)s1.CCC(=O)c1ccc2c(c1)nc(-c1c(O)ccc(F)c1F)n2[C@H]1CCC[C@@H](CC(=O)c2ccc(C)s2)C1.CCC(=O)c1ccc2c(c1)nc(-c1cc(Cl)cc(C)c1O)n2[C@H]1CCC[C@@H](NC(=O)c2ccc(C)s2)C1. The molecule has 20 rings (SSSR count). The van der Waals surface area contributed by atoms with Gasteiger partial charge in [0.1, 0.15) is 34.7 Å². The molecule has 0 aliphatic heterocycles. The summed E-state index contributed by atoms with van der Waals surface area (Å²) in [6.07, 6.45) is 28.6. The molecular formula is C116H111Cl2F2N9O11S5. The lowest BCUT2D eigenvalue weighted by atomic mass is 9.82. The maximum Gasteiger partial charge on any atom is 0.261 e. The number of phenols is 3. The van der Waals surface area contributed by atoms with Crippen molar-refractivity contribution in [2.24, 2.45) is 17.8 Å². The Morgan fingerprint density at radius 1 is 0.421 bits per heavy atom. The van der Waals surface area contributed by atoms with Gasteiger partial charge in [0, 0.05) is 112 Å². The van der Waals surface area contributed by atoms with E-state index in [0.29, 0.717) is 145 Å². The molecule has 4 N–H and O–H groups in total. The minimum atomic E-state index is -1.17. The monoisotopic (exact) mass is 2070 g/mol. The number of hydrogen-bond acceptors (Lipinski definition) is 20. The van der Waals surface area contributed by atoms with Crippen LogP contribution in [0.4, 0.5) is 8.78 Å². The molecule has 4 fully saturated rings. The Balaban J connectivity index is 0.000000132. The summed E-state index contributed by atoms with van der Waals surface area (Å²) in [5.41, 5.74) is 10.1. The van der Waals surface area contributed by atoms with E-state index in [1.807, 2.05) is 155 Å². The maximum atomic E-state index is 15.0. The highest BCUT2D eigenvalue weighted by atomic mass is 35.5. The average Bonchev–Trinajstić information content (AvgIpc) is 1.68. The second-order valence-electron chi connectivity index (χ2n) is 38.0. The molecule has 9 heterocycles. The molecule has 0 unspecified atom stereocenters. The zero-order chi connectivity index (χ0) is 102. The Kier molecular flexibility index (Phi) is 32.7. The second kappa shape index (κ2) is 45.8. The van der Waals surface area contributed by atoms with Crippen LogP contribution in [0.2, 0.25) is 10.0 Å². The van der Waals surface area contributed by atoms with Crippen molar-refractivity contribution in [3.8, 4) is 86.8 Å². The van der Waals surface area contributed by atoms with Crippen LogP contribution < -0.4 is 5.32 Å². The summed E-state index contributed by atoms with van der Waals surface area (Å²) in [7, 11) is 0. The Bertz CT molecular complexity index is 7730. The van der Waals surface area contributed by atoms with E-state index >= 15 is 4.39 Å². The first-order valence-electron chi connectivity index (χ1n) is 49.5. The molecule has 145 heavy (non-hydrogen) atoms. The Morgan fingerprint density at radius 2 is 0.821 bits per heavy atom. The van der Waals surface area contributed by atoms with Gasteiger partial charge in [0.15, 0.2) is 57.9 Å². The van der Waals surface area contributed by atoms with Gasteiger partial charge in [0.05, 0.1) is 100.0 Å². The van der Waals surface area contributed by atoms with Crippen LogP contribution in [0.1, 0.15) is 305 Å². The van der Waals surface area contributed by atoms with Gasteiger partial charge in [-0.15, -0.1) is 69.5 Å². The van der Waals surface area contributed by atoms with E-state index in [1.165, 1.54) is 45.3 Å². The number of fused-ring (bicyclic) bond motifs is 4. The number of ketones is 7. The van der Waals surface area contributed by atoms with Gasteiger partial charge in [-0.2, -0.15) is 0 Å². The van der Waals surface area contributed by atoms with Gasteiger partial charge in [0.25, 0.3) is 5.91 Å². The van der Waals surface area contributed by atoms with Gasteiger partial charge in [-0.3, -0.25) is 38.4 Å². The number of rotatable bonds is 27. The average molecular weight is 2080 g/mol. The fourth-order valence-corrected chi connectivity index (χ4v) is 25.4. The van der Waals surface area contributed by atoms with Crippen molar-refractivity contribution in [2.45, 2.75) is 226 Å². The summed E-state index contributed by atoms with van der Waals surface area (Å²) in [6.45, 7) is 13.1. The number of phenolic OH excluding ortho intramolecular Hbond substituents is 3. The summed E-state index contributed by atoms with van der Waals surface area (Å²) in [5.74, 6) is 6.30. The van der Waals surface area contributed by atoms with Crippen LogP contribution in [0, 0.1) is 74.8 Å². The van der Waals surface area contributed by atoms with Crippen LogP contribution in [0.3, 0.4) is 0 Å². The first kappa shape index (κ1) is 103. The third-order valence-corrected chi connectivity index (χ3v) is 33.8. The normalized spacial score (nSPS) is 17.8. The number of carbonyl (C=O) groups is 8. The Morgan fingerprint density at radius 3 is 1.24 bits per heavy atom. The second-order valence-corrected chi connectivity index (χ2v) is 44.5. The molecule has 4 saturated carbocycles. The van der Waals surface area contributed by atoms with Gasteiger partial charge < -0.3 is 38.9 Å². The highest BCUT2D eigenvalue weighted by Gasteiger charge is 2.37. The van der Waals surface area contributed by atoms with E-state index in [0.717, 1.165) is 175 Å². The summed E-state index contributed by atoms with van der Waals surface area (Å²) in [4.78, 5) is 128. The van der Waals surface area contributed by atoms with Crippen LogP contribution in [0.25, 0.3) is 89.0 Å². The number of aryl methyl sites for hydroxylation is 3. The number of aromatic nitrogens is 8. The molecule has 1 amide bonds. The van der Waals surface area contributed by atoms with Gasteiger partial charge >= 0.3 is 0 Å².